The molecule has 66 heavy (non-hydrogen) atoms. The summed E-state index contributed by atoms with van der Waals surface area (Å²) >= 11 is 0. The molecule has 0 saturated carbocycles. The molecule has 0 unspecified atom stereocenters. The molecular weight excluding hydrogens is 795 g/mol. The quantitative estimate of drug-likeness (QED) is 0.123. The molecule has 1 nitrogen and oxygen atoms in total. The van der Waals surface area contributed by atoms with Crippen molar-refractivity contribution in [2.45, 2.75) is 19.3 Å². The molecule has 0 N–H and O–H groups in total. The van der Waals surface area contributed by atoms with Crippen LogP contribution in [0.4, 0.5) is 0 Å². The van der Waals surface area contributed by atoms with E-state index in [1.165, 1.54) is 137 Å². The van der Waals surface area contributed by atoms with Gasteiger partial charge in [-0.1, -0.05) is 190 Å². The molecule has 0 amide bonds. The highest BCUT2D eigenvalue weighted by atomic mass is 15.0. The van der Waals surface area contributed by atoms with Gasteiger partial charge in [0.25, 0.3) is 0 Å². The average molecular weight is 838 g/mol. The molecule has 1 aliphatic rings. The minimum Gasteiger partial charge on any atom is -0.309 e. The molecule has 1 heterocycles. The Morgan fingerprint density at radius 3 is 1.45 bits per heavy atom. The number of hydrogen-bond donors (Lipinski definition) is 0. The fraction of sp³-hybridized carbons (Fsp3) is 0.0462. The predicted octanol–water partition coefficient (Wildman–Crippen LogP) is 17.9. The third kappa shape index (κ3) is 5.23. The van der Waals surface area contributed by atoms with Gasteiger partial charge in [0.15, 0.2) is 0 Å². The number of rotatable bonds is 4. The van der Waals surface area contributed by atoms with Gasteiger partial charge in [0.1, 0.15) is 0 Å². The zero-order valence-electron chi connectivity index (χ0n) is 36.8. The number of aromatic nitrogens is 1. The second kappa shape index (κ2) is 13.9. The molecule has 308 valence electrons. The summed E-state index contributed by atoms with van der Waals surface area (Å²) < 4.78 is 2.39. The highest BCUT2D eigenvalue weighted by Gasteiger charge is 2.38. The van der Waals surface area contributed by atoms with E-state index in [9.17, 15) is 0 Å². The molecule has 1 aromatic heterocycles. The van der Waals surface area contributed by atoms with Gasteiger partial charge in [0.2, 0.25) is 0 Å². The second-order valence-electron chi connectivity index (χ2n) is 18.8. The first-order valence-corrected chi connectivity index (χ1v) is 23.2. The monoisotopic (exact) mass is 837 g/mol. The van der Waals surface area contributed by atoms with Crippen molar-refractivity contribution in [2.24, 2.45) is 0 Å². The predicted molar refractivity (Wildman–Crippen MR) is 282 cm³/mol. The molecule has 0 radical (unpaired) electrons. The highest BCUT2D eigenvalue weighted by Crippen LogP contribution is 2.55. The highest BCUT2D eigenvalue weighted by molar-refractivity contribution is 6.23. The maximum absolute atomic E-state index is 2.48. The van der Waals surface area contributed by atoms with Crippen molar-refractivity contribution in [3.8, 4) is 50.2 Å². The number of benzene rings is 12. The van der Waals surface area contributed by atoms with Crippen molar-refractivity contribution >= 4 is 75.7 Å². The van der Waals surface area contributed by atoms with Gasteiger partial charge in [-0.2, -0.15) is 0 Å². The van der Waals surface area contributed by atoms with Crippen LogP contribution in [0.1, 0.15) is 25.0 Å². The van der Waals surface area contributed by atoms with Crippen LogP contribution in [-0.4, -0.2) is 4.57 Å². The minimum atomic E-state index is -0.142. The van der Waals surface area contributed by atoms with Crippen LogP contribution in [0.5, 0.6) is 0 Å². The average Bonchev–Trinajstić information content (AvgIpc) is 3.82. The van der Waals surface area contributed by atoms with E-state index in [-0.39, 0.29) is 5.41 Å². The van der Waals surface area contributed by atoms with Gasteiger partial charge in [-0.05, 0) is 158 Å². The molecule has 0 aliphatic heterocycles. The van der Waals surface area contributed by atoms with Crippen LogP contribution >= 0.6 is 0 Å². The van der Waals surface area contributed by atoms with Crippen molar-refractivity contribution in [3.05, 3.63) is 236 Å². The molecule has 0 bridgehead atoms. The van der Waals surface area contributed by atoms with Crippen LogP contribution in [0.3, 0.4) is 0 Å². The Morgan fingerprint density at radius 1 is 0.303 bits per heavy atom. The molecule has 0 fully saturated rings. The van der Waals surface area contributed by atoms with E-state index in [0.29, 0.717) is 0 Å². The van der Waals surface area contributed by atoms with E-state index in [0.717, 1.165) is 0 Å². The Morgan fingerprint density at radius 2 is 0.788 bits per heavy atom. The summed E-state index contributed by atoms with van der Waals surface area (Å²) in [6, 6.07) is 83.7. The van der Waals surface area contributed by atoms with E-state index < -0.39 is 0 Å². The lowest BCUT2D eigenvalue weighted by atomic mass is 9.79. The topological polar surface area (TPSA) is 4.93 Å². The summed E-state index contributed by atoms with van der Waals surface area (Å²) in [6.45, 7) is 4.83. The zero-order chi connectivity index (χ0) is 43.7. The number of nitrogens with zero attached hydrogens (tertiary/aromatic N) is 1. The lowest BCUT2D eigenvalue weighted by Gasteiger charge is -2.24. The molecule has 14 rings (SSSR count). The summed E-state index contributed by atoms with van der Waals surface area (Å²) in [6.07, 6.45) is 0. The van der Waals surface area contributed by atoms with E-state index in [2.05, 4.69) is 243 Å². The van der Waals surface area contributed by atoms with Crippen LogP contribution < -0.4 is 0 Å². The van der Waals surface area contributed by atoms with Gasteiger partial charge in [-0.3, -0.25) is 0 Å². The van der Waals surface area contributed by atoms with Gasteiger partial charge >= 0.3 is 0 Å². The smallest absolute Gasteiger partial charge is 0.0541 e. The molecule has 0 atom stereocenters. The van der Waals surface area contributed by atoms with Crippen LogP contribution in [0.15, 0.2) is 224 Å². The molecule has 1 aliphatic carbocycles. The summed E-state index contributed by atoms with van der Waals surface area (Å²) in [5.41, 5.74) is 16.5. The first-order chi connectivity index (χ1) is 32.5. The Balaban J connectivity index is 0.883. The summed E-state index contributed by atoms with van der Waals surface area (Å²) in [4.78, 5) is 0. The molecule has 13 aromatic rings. The fourth-order valence-corrected chi connectivity index (χ4v) is 12.0. The molecular formula is C65H43N. The Labute approximate surface area is 383 Å². The van der Waals surface area contributed by atoms with E-state index in [1.807, 2.05) is 0 Å². The summed E-state index contributed by atoms with van der Waals surface area (Å²) in [7, 11) is 0. The standard InChI is InChI=1S/C65H43N/c1-65(2)58-39-45-36-42(32-33-43(45)37-57(58)63-50-21-8-6-18-47(50)48-19-7-13-26-55(48)64(63)65)40-28-30-41(31-29-40)61-51-22-9-11-24-53(51)62(54-25-12-10-23-52(54)61)44-34-35-60-56(38-44)49-20-14-15-27-59(49)66(60)46-16-4-3-5-17-46/h3-39H,1-2H3. The van der Waals surface area contributed by atoms with Gasteiger partial charge in [0.05, 0.1) is 11.0 Å². The van der Waals surface area contributed by atoms with Gasteiger partial charge < -0.3 is 4.57 Å². The normalized spacial score (nSPS) is 13.1. The molecule has 1 heteroatoms. The first-order valence-electron chi connectivity index (χ1n) is 23.2. The second-order valence-corrected chi connectivity index (χ2v) is 18.8. The maximum Gasteiger partial charge on any atom is 0.0541 e. The number of para-hydroxylation sites is 2. The maximum atomic E-state index is 2.48. The van der Waals surface area contributed by atoms with Gasteiger partial charge in [-0.15, -0.1) is 0 Å². The molecule has 0 spiro atoms. The van der Waals surface area contributed by atoms with Crippen LogP contribution in [0, 0.1) is 0 Å². The van der Waals surface area contributed by atoms with Crippen molar-refractivity contribution in [2.75, 3.05) is 0 Å². The lowest BCUT2D eigenvalue weighted by Crippen LogP contribution is -2.15. The van der Waals surface area contributed by atoms with E-state index in [1.54, 1.807) is 0 Å². The fourth-order valence-electron chi connectivity index (χ4n) is 12.0. The Bertz CT molecular complexity index is 4110. The third-order valence-corrected chi connectivity index (χ3v) is 14.9. The number of hydrogen-bond acceptors (Lipinski definition) is 0. The van der Waals surface area contributed by atoms with Gasteiger partial charge in [-0.25, -0.2) is 0 Å². The van der Waals surface area contributed by atoms with Crippen LogP contribution in [-0.2, 0) is 5.41 Å². The van der Waals surface area contributed by atoms with Crippen molar-refractivity contribution in [3.63, 3.8) is 0 Å². The van der Waals surface area contributed by atoms with Crippen LogP contribution in [0.2, 0.25) is 0 Å². The van der Waals surface area contributed by atoms with Crippen LogP contribution in [0.25, 0.3) is 126 Å². The Kier molecular flexibility index (Phi) is 7.81. The third-order valence-electron chi connectivity index (χ3n) is 14.9. The van der Waals surface area contributed by atoms with E-state index in [4.69, 9.17) is 0 Å². The summed E-state index contributed by atoms with van der Waals surface area (Å²) in [5.74, 6) is 0. The van der Waals surface area contributed by atoms with Crippen molar-refractivity contribution < 1.29 is 0 Å². The largest absolute Gasteiger partial charge is 0.309 e. The lowest BCUT2D eigenvalue weighted by molar-refractivity contribution is 0.667. The molecule has 0 saturated heterocycles. The SMILES string of the molecule is CC1(C)c2cc3cc(-c4ccc(-c5c6ccccc6c(-c6ccc7c(c6)c6ccccc6n7-c6ccccc6)c6ccccc56)cc4)ccc3cc2-c2c1c1ccccc1c1ccccc21. The van der Waals surface area contributed by atoms with E-state index >= 15 is 0 Å². The first kappa shape index (κ1) is 37.1. The summed E-state index contributed by atoms with van der Waals surface area (Å²) in [5, 5.41) is 15.5. The zero-order valence-corrected chi connectivity index (χ0v) is 36.8. The Hall–Kier alpha value is -8.26. The minimum absolute atomic E-state index is 0.142. The van der Waals surface area contributed by atoms with Crippen molar-refractivity contribution in [1.29, 1.82) is 0 Å². The van der Waals surface area contributed by atoms with Crippen molar-refractivity contribution in [1.82, 2.24) is 4.57 Å². The number of fused-ring (bicyclic) bond motifs is 14. The molecule has 12 aromatic carbocycles. The van der Waals surface area contributed by atoms with Gasteiger partial charge in [0, 0.05) is 21.9 Å².